The van der Waals surface area contributed by atoms with Gasteiger partial charge in [-0.25, -0.2) is 9.37 Å². The van der Waals surface area contributed by atoms with Gasteiger partial charge < -0.3 is 9.84 Å². The molecule has 0 fully saturated rings. The van der Waals surface area contributed by atoms with E-state index in [1.165, 1.54) is 0 Å². The zero-order chi connectivity index (χ0) is 15.9. The number of benzene rings is 1. The molecule has 1 aromatic carbocycles. The Labute approximate surface area is 129 Å². The number of hydrogen-bond donors (Lipinski definition) is 1. The quantitative estimate of drug-likeness (QED) is 0.922. The van der Waals surface area contributed by atoms with Crippen LogP contribution in [0.4, 0.5) is 4.39 Å². The normalized spacial score (nSPS) is 20.4. The minimum atomic E-state index is -0.614. The van der Waals surface area contributed by atoms with Gasteiger partial charge in [-0.2, -0.15) is 0 Å². The molecule has 1 aromatic heterocycles. The highest BCUT2D eigenvalue weighted by Crippen LogP contribution is 2.39. The molecule has 0 saturated heterocycles. The Kier molecular flexibility index (Phi) is 3.65. The van der Waals surface area contributed by atoms with Gasteiger partial charge >= 0.3 is 0 Å². The SMILES string of the molecule is Cc1ccc(-c2cc(C)nc3c2CCC(C)(CO)O3)c(F)c1. The van der Waals surface area contributed by atoms with Crippen LogP contribution in [-0.2, 0) is 6.42 Å². The third kappa shape index (κ3) is 2.59. The van der Waals surface area contributed by atoms with Crippen LogP contribution in [-0.4, -0.2) is 22.3 Å². The summed E-state index contributed by atoms with van der Waals surface area (Å²) in [4.78, 5) is 4.43. The van der Waals surface area contributed by atoms with Gasteiger partial charge in [0.05, 0.1) is 6.61 Å². The van der Waals surface area contributed by atoms with E-state index < -0.39 is 5.60 Å². The van der Waals surface area contributed by atoms with Gasteiger partial charge in [0.1, 0.15) is 11.4 Å². The molecule has 3 nitrogen and oxygen atoms in total. The summed E-state index contributed by atoms with van der Waals surface area (Å²) >= 11 is 0. The molecule has 0 spiro atoms. The summed E-state index contributed by atoms with van der Waals surface area (Å²) in [5.41, 5.74) is 3.38. The summed E-state index contributed by atoms with van der Waals surface area (Å²) in [6, 6.07) is 7.15. The molecular formula is C18H20FNO2. The summed E-state index contributed by atoms with van der Waals surface area (Å²) in [5, 5.41) is 9.49. The number of halogens is 1. The number of nitrogens with zero attached hydrogens (tertiary/aromatic N) is 1. The fourth-order valence-corrected chi connectivity index (χ4v) is 2.86. The lowest BCUT2D eigenvalue weighted by Crippen LogP contribution is -2.40. The lowest BCUT2D eigenvalue weighted by Gasteiger charge is -2.34. The molecule has 0 bridgehead atoms. The number of aliphatic hydroxyl groups is 1. The fourth-order valence-electron chi connectivity index (χ4n) is 2.86. The topological polar surface area (TPSA) is 42.4 Å². The van der Waals surface area contributed by atoms with Gasteiger partial charge in [0.15, 0.2) is 0 Å². The Morgan fingerprint density at radius 2 is 2.05 bits per heavy atom. The van der Waals surface area contributed by atoms with Gasteiger partial charge in [0.2, 0.25) is 5.88 Å². The first-order chi connectivity index (χ1) is 10.4. The summed E-state index contributed by atoms with van der Waals surface area (Å²) in [5.74, 6) is 0.279. The number of fused-ring (bicyclic) bond motifs is 1. The molecule has 1 N–H and O–H groups in total. The van der Waals surface area contributed by atoms with E-state index in [2.05, 4.69) is 4.98 Å². The molecule has 0 aliphatic carbocycles. The first kappa shape index (κ1) is 15.0. The lowest BCUT2D eigenvalue weighted by molar-refractivity contribution is 0.00407. The zero-order valence-corrected chi connectivity index (χ0v) is 13.1. The Morgan fingerprint density at radius 1 is 1.27 bits per heavy atom. The van der Waals surface area contributed by atoms with Crippen LogP contribution in [0.1, 0.15) is 30.2 Å². The van der Waals surface area contributed by atoms with Gasteiger partial charge in [-0.05, 0) is 56.9 Å². The van der Waals surface area contributed by atoms with Crippen LogP contribution in [0.3, 0.4) is 0 Å². The van der Waals surface area contributed by atoms with Crippen molar-refractivity contribution in [2.75, 3.05) is 6.61 Å². The van der Waals surface area contributed by atoms with Crippen molar-refractivity contribution in [2.45, 2.75) is 39.2 Å². The van der Waals surface area contributed by atoms with Crippen LogP contribution in [0, 0.1) is 19.7 Å². The molecule has 2 heterocycles. The van der Waals surface area contributed by atoms with Crippen molar-refractivity contribution in [3.05, 3.63) is 46.9 Å². The molecule has 3 rings (SSSR count). The lowest BCUT2D eigenvalue weighted by atomic mass is 9.89. The van der Waals surface area contributed by atoms with Crippen molar-refractivity contribution in [3.8, 4) is 17.0 Å². The summed E-state index contributed by atoms with van der Waals surface area (Å²) in [6.45, 7) is 5.54. The zero-order valence-electron chi connectivity index (χ0n) is 13.1. The average molecular weight is 301 g/mol. The molecule has 1 aliphatic rings. The number of ether oxygens (including phenoxy) is 1. The molecule has 1 unspecified atom stereocenters. The van der Waals surface area contributed by atoms with Crippen LogP contribution in [0.2, 0.25) is 0 Å². The predicted octanol–water partition coefficient (Wildman–Crippen LogP) is 3.58. The Hall–Kier alpha value is -1.94. The minimum absolute atomic E-state index is 0.0592. The fraction of sp³-hybridized carbons (Fsp3) is 0.389. The van der Waals surface area contributed by atoms with Gasteiger partial charge in [-0.15, -0.1) is 0 Å². The van der Waals surface area contributed by atoms with Crippen LogP contribution in [0.25, 0.3) is 11.1 Å². The van der Waals surface area contributed by atoms with Crippen molar-refractivity contribution in [1.29, 1.82) is 0 Å². The van der Waals surface area contributed by atoms with Crippen LogP contribution < -0.4 is 4.74 Å². The third-order valence-electron chi connectivity index (χ3n) is 4.21. The molecule has 0 radical (unpaired) electrons. The van der Waals surface area contributed by atoms with E-state index >= 15 is 0 Å². The highest BCUT2D eigenvalue weighted by atomic mass is 19.1. The number of aliphatic hydroxyl groups excluding tert-OH is 1. The minimum Gasteiger partial charge on any atom is -0.469 e. The van der Waals surface area contributed by atoms with Gasteiger partial charge in [-0.1, -0.05) is 12.1 Å². The predicted molar refractivity (Wildman–Crippen MR) is 83.5 cm³/mol. The van der Waals surface area contributed by atoms with Crippen molar-refractivity contribution in [1.82, 2.24) is 4.98 Å². The van der Waals surface area contributed by atoms with E-state index in [0.717, 1.165) is 22.4 Å². The molecule has 0 saturated carbocycles. The standard InChI is InChI=1S/C18H20FNO2/c1-11-4-5-13(16(19)8-11)15-9-12(2)20-17-14(15)6-7-18(3,10-21)22-17/h4-5,8-9,21H,6-7,10H2,1-3H3. The molecule has 1 aliphatic heterocycles. The molecule has 116 valence electrons. The van der Waals surface area contributed by atoms with Crippen LogP contribution >= 0.6 is 0 Å². The molecule has 22 heavy (non-hydrogen) atoms. The Balaban J connectivity index is 2.14. The highest BCUT2D eigenvalue weighted by molar-refractivity contribution is 5.71. The van der Waals surface area contributed by atoms with Gasteiger partial charge in [0, 0.05) is 16.8 Å². The van der Waals surface area contributed by atoms with Crippen molar-refractivity contribution in [3.63, 3.8) is 0 Å². The Morgan fingerprint density at radius 3 is 2.73 bits per heavy atom. The second-order valence-electron chi connectivity index (χ2n) is 6.29. The van der Waals surface area contributed by atoms with Gasteiger partial charge in [-0.3, -0.25) is 0 Å². The summed E-state index contributed by atoms with van der Waals surface area (Å²) in [7, 11) is 0. The monoisotopic (exact) mass is 301 g/mol. The van der Waals surface area contributed by atoms with Crippen molar-refractivity contribution >= 4 is 0 Å². The van der Waals surface area contributed by atoms with Crippen LogP contribution in [0.5, 0.6) is 5.88 Å². The van der Waals surface area contributed by atoms with Gasteiger partial charge in [0.25, 0.3) is 0 Å². The molecule has 0 amide bonds. The molecule has 2 aromatic rings. The molecular weight excluding hydrogens is 281 g/mol. The molecule has 1 atom stereocenters. The third-order valence-corrected chi connectivity index (χ3v) is 4.21. The maximum atomic E-state index is 14.4. The smallest absolute Gasteiger partial charge is 0.218 e. The van der Waals surface area contributed by atoms with E-state index in [1.807, 2.05) is 32.9 Å². The number of aromatic nitrogens is 1. The number of rotatable bonds is 2. The maximum Gasteiger partial charge on any atom is 0.218 e. The largest absolute Gasteiger partial charge is 0.469 e. The Bertz CT molecular complexity index is 729. The number of hydrogen-bond acceptors (Lipinski definition) is 3. The average Bonchev–Trinajstić information content (AvgIpc) is 2.46. The van der Waals surface area contributed by atoms with Crippen molar-refractivity contribution < 1.29 is 14.2 Å². The second-order valence-corrected chi connectivity index (χ2v) is 6.29. The highest BCUT2D eigenvalue weighted by Gasteiger charge is 2.33. The maximum absolute atomic E-state index is 14.4. The van der Waals surface area contributed by atoms with E-state index in [0.29, 0.717) is 24.3 Å². The molecule has 4 heteroatoms. The van der Waals surface area contributed by atoms with E-state index in [9.17, 15) is 9.50 Å². The van der Waals surface area contributed by atoms with E-state index in [4.69, 9.17) is 4.74 Å². The second kappa shape index (κ2) is 5.36. The summed E-state index contributed by atoms with van der Waals surface area (Å²) < 4.78 is 20.2. The van der Waals surface area contributed by atoms with Crippen molar-refractivity contribution in [2.24, 2.45) is 0 Å². The van der Waals surface area contributed by atoms with Crippen LogP contribution in [0.15, 0.2) is 24.3 Å². The number of pyridine rings is 1. The van der Waals surface area contributed by atoms with E-state index in [1.54, 1.807) is 12.1 Å². The first-order valence-corrected chi connectivity index (χ1v) is 7.49. The number of aryl methyl sites for hydroxylation is 2. The van der Waals surface area contributed by atoms with E-state index in [-0.39, 0.29) is 12.4 Å². The summed E-state index contributed by atoms with van der Waals surface area (Å²) in [6.07, 6.45) is 1.39. The first-order valence-electron chi connectivity index (χ1n) is 7.49.